The number of nitrogens with zero attached hydrogens (tertiary/aromatic N) is 2. The lowest BCUT2D eigenvalue weighted by Gasteiger charge is -2.08. The summed E-state index contributed by atoms with van der Waals surface area (Å²) in [6.45, 7) is 0.330. The van der Waals surface area contributed by atoms with E-state index in [1.54, 1.807) is 25.6 Å². The Kier molecular flexibility index (Phi) is 4.71. The summed E-state index contributed by atoms with van der Waals surface area (Å²) in [6, 6.07) is 9.11. The molecule has 6 nitrogen and oxygen atoms in total. The van der Waals surface area contributed by atoms with Crippen molar-refractivity contribution in [2.45, 2.75) is 25.3 Å². The van der Waals surface area contributed by atoms with Gasteiger partial charge in [0, 0.05) is 17.7 Å². The zero-order valence-corrected chi connectivity index (χ0v) is 13.0. The number of methoxy groups -OCH3 is 1. The van der Waals surface area contributed by atoms with Gasteiger partial charge in [-0.25, -0.2) is 9.97 Å². The fraction of sp³-hybridized carbons (Fsp3) is 0.353. The lowest BCUT2D eigenvalue weighted by Crippen LogP contribution is -2.28. The highest BCUT2D eigenvalue weighted by molar-refractivity contribution is 5.77. The molecule has 0 atom stereocenters. The molecule has 1 saturated carbocycles. The second-order valence-corrected chi connectivity index (χ2v) is 5.45. The summed E-state index contributed by atoms with van der Waals surface area (Å²) in [7, 11) is 1.59. The summed E-state index contributed by atoms with van der Waals surface area (Å²) >= 11 is 0. The predicted octanol–water partition coefficient (Wildman–Crippen LogP) is 2.06. The van der Waals surface area contributed by atoms with Crippen molar-refractivity contribution in [3.8, 4) is 11.5 Å². The Morgan fingerprint density at radius 2 is 2.09 bits per heavy atom. The lowest BCUT2D eigenvalue weighted by molar-refractivity contribution is -0.123. The number of hydrogen-bond acceptors (Lipinski definition) is 5. The standard InChI is InChI=1S/C17H19N3O3/c1-22-14-3-2-4-15(8-14)23-10-17(21)18-9-13-7-16(12-5-6-12)20-11-19-13/h2-4,7-8,11-12H,5-6,9-10H2,1H3,(H,18,21). The molecule has 0 unspecified atom stereocenters. The molecule has 3 rings (SSSR count). The third-order valence-corrected chi connectivity index (χ3v) is 3.62. The van der Waals surface area contributed by atoms with Crippen LogP contribution in [0.5, 0.6) is 11.5 Å². The Hall–Kier alpha value is -2.63. The van der Waals surface area contributed by atoms with Crippen LogP contribution in [0.2, 0.25) is 0 Å². The summed E-state index contributed by atoms with van der Waals surface area (Å²) in [6.07, 6.45) is 3.94. The monoisotopic (exact) mass is 313 g/mol. The summed E-state index contributed by atoms with van der Waals surface area (Å²) in [5.41, 5.74) is 1.88. The largest absolute Gasteiger partial charge is 0.497 e. The van der Waals surface area contributed by atoms with Gasteiger partial charge in [0.25, 0.3) is 5.91 Å². The summed E-state index contributed by atoms with van der Waals surface area (Å²) in [5, 5.41) is 2.80. The minimum atomic E-state index is -0.195. The van der Waals surface area contributed by atoms with Gasteiger partial charge in [0.15, 0.2) is 6.61 Å². The van der Waals surface area contributed by atoms with Gasteiger partial charge in [-0.1, -0.05) is 6.07 Å². The molecule has 0 aliphatic heterocycles. The molecule has 0 spiro atoms. The third-order valence-electron chi connectivity index (χ3n) is 3.62. The van der Waals surface area contributed by atoms with Crippen LogP contribution >= 0.6 is 0 Å². The SMILES string of the molecule is COc1cccc(OCC(=O)NCc2cc(C3CC3)ncn2)c1. The first-order valence-corrected chi connectivity index (χ1v) is 7.59. The second-order valence-electron chi connectivity index (χ2n) is 5.45. The van der Waals surface area contributed by atoms with Crippen LogP contribution in [-0.2, 0) is 11.3 Å². The van der Waals surface area contributed by atoms with Crippen molar-refractivity contribution in [2.24, 2.45) is 0 Å². The minimum absolute atomic E-state index is 0.0479. The molecule has 1 fully saturated rings. The first kappa shape index (κ1) is 15.3. The predicted molar refractivity (Wildman–Crippen MR) is 84.3 cm³/mol. The van der Waals surface area contributed by atoms with Crippen LogP contribution in [0.15, 0.2) is 36.7 Å². The zero-order chi connectivity index (χ0) is 16.1. The quantitative estimate of drug-likeness (QED) is 0.847. The molecular weight excluding hydrogens is 294 g/mol. The van der Waals surface area contributed by atoms with E-state index in [9.17, 15) is 4.79 Å². The van der Waals surface area contributed by atoms with Crippen LogP contribution in [0.4, 0.5) is 0 Å². The molecule has 1 aromatic carbocycles. The average molecular weight is 313 g/mol. The Bertz CT molecular complexity index is 686. The molecule has 2 aromatic rings. The van der Waals surface area contributed by atoms with E-state index >= 15 is 0 Å². The van der Waals surface area contributed by atoms with E-state index in [-0.39, 0.29) is 12.5 Å². The normalized spacial score (nSPS) is 13.4. The molecule has 1 N–H and O–H groups in total. The summed E-state index contributed by atoms with van der Waals surface area (Å²) in [5.74, 6) is 1.66. The lowest BCUT2D eigenvalue weighted by atomic mass is 10.2. The topological polar surface area (TPSA) is 73.3 Å². The second kappa shape index (κ2) is 7.09. The fourth-order valence-corrected chi connectivity index (χ4v) is 2.19. The Morgan fingerprint density at radius 1 is 1.26 bits per heavy atom. The van der Waals surface area contributed by atoms with Crippen LogP contribution in [-0.4, -0.2) is 29.6 Å². The van der Waals surface area contributed by atoms with E-state index in [4.69, 9.17) is 9.47 Å². The van der Waals surface area contributed by atoms with Crippen molar-refractivity contribution in [3.63, 3.8) is 0 Å². The van der Waals surface area contributed by atoms with Gasteiger partial charge in [-0.15, -0.1) is 0 Å². The molecule has 1 aromatic heterocycles. The molecule has 1 heterocycles. The van der Waals surface area contributed by atoms with Crippen LogP contribution in [0.3, 0.4) is 0 Å². The maximum absolute atomic E-state index is 11.9. The Balaban J connectivity index is 1.46. The number of amides is 1. The molecule has 1 aliphatic rings. The van der Waals surface area contributed by atoms with Crippen LogP contribution in [0.1, 0.15) is 30.1 Å². The van der Waals surface area contributed by atoms with E-state index in [2.05, 4.69) is 15.3 Å². The highest BCUT2D eigenvalue weighted by Crippen LogP contribution is 2.38. The van der Waals surface area contributed by atoms with E-state index < -0.39 is 0 Å². The highest BCUT2D eigenvalue weighted by atomic mass is 16.5. The van der Waals surface area contributed by atoms with Gasteiger partial charge >= 0.3 is 0 Å². The number of nitrogens with one attached hydrogen (secondary N) is 1. The smallest absolute Gasteiger partial charge is 0.258 e. The van der Waals surface area contributed by atoms with Crippen molar-refractivity contribution < 1.29 is 14.3 Å². The first-order valence-electron chi connectivity index (χ1n) is 7.59. The number of rotatable bonds is 7. The number of ether oxygens (including phenoxy) is 2. The molecule has 0 saturated heterocycles. The van der Waals surface area contributed by atoms with E-state index in [1.165, 1.54) is 12.8 Å². The highest BCUT2D eigenvalue weighted by Gasteiger charge is 2.25. The molecule has 0 bridgehead atoms. The molecule has 0 radical (unpaired) electrons. The van der Waals surface area contributed by atoms with Gasteiger partial charge in [0.2, 0.25) is 0 Å². The van der Waals surface area contributed by atoms with E-state index in [0.29, 0.717) is 24.0 Å². The van der Waals surface area contributed by atoms with Crippen LogP contribution in [0.25, 0.3) is 0 Å². The number of carbonyl (C=O) groups excluding carboxylic acids is 1. The molecular formula is C17H19N3O3. The fourth-order valence-electron chi connectivity index (χ4n) is 2.19. The average Bonchev–Trinajstić information content (AvgIpc) is 3.44. The maximum atomic E-state index is 11.9. The summed E-state index contributed by atoms with van der Waals surface area (Å²) < 4.78 is 10.6. The van der Waals surface area contributed by atoms with Gasteiger partial charge in [-0.2, -0.15) is 0 Å². The van der Waals surface area contributed by atoms with Crippen molar-refractivity contribution in [2.75, 3.05) is 13.7 Å². The number of aromatic nitrogens is 2. The van der Waals surface area contributed by atoms with Crippen LogP contribution in [0, 0.1) is 0 Å². The summed E-state index contributed by atoms with van der Waals surface area (Å²) in [4.78, 5) is 20.3. The number of hydrogen-bond donors (Lipinski definition) is 1. The zero-order valence-electron chi connectivity index (χ0n) is 13.0. The first-order chi connectivity index (χ1) is 11.2. The Morgan fingerprint density at radius 3 is 2.87 bits per heavy atom. The van der Waals surface area contributed by atoms with Crippen molar-refractivity contribution in [3.05, 3.63) is 48.0 Å². The molecule has 6 heteroatoms. The number of benzene rings is 1. The third kappa shape index (κ3) is 4.42. The van der Waals surface area contributed by atoms with Crippen molar-refractivity contribution in [1.82, 2.24) is 15.3 Å². The Labute approximate surface area is 134 Å². The van der Waals surface area contributed by atoms with Gasteiger partial charge in [-0.05, 0) is 31.0 Å². The van der Waals surface area contributed by atoms with Crippen molar-refractivity contribution in [1.29, 1.82) is 0 Å². The molecule has 23 heavy (non-hydrogen) atoms. The molecule has 1 aliphatic carbocycles. The van der Waals surface area contributed by atoms with E-state index in [1.807, 2.05) is 18.2 Å². The van der Waals surface area contributed by atoms with Gasteiger partial charge in [-0.3, -0.25) is 4.79 Å². The van der Waals surface area contributed by atoms with Crippen molar-refractivity contribution >= 4 is 5.91 Å². The van der Waals surface area contributed by atoms with Gasteiger partial charge in [0.05, 0.1) is 19.3 Å². The van der Waals surface area contributed by atoms with Crippen LogP contribution < -0.4 is 14.8 Å². The molecule has 120 valence electrons. The van der Waals surface area contributed by atoms with E-state index in [0.717, 1.165) is 11.4 Å². The minimum Gasteiger partial charge on any atom is -0.497 e. The maximum Gasteiger partial charge on any atom is 0.258 e. The van der Waals surface area contributed by atoms with Gasteiger partial charge < -0.3 is 14.8 Å². The molecule has 1 amide bonds. The van der Waals surface area contributed by atoms with Gasteiger partial charge in [0.1, 0.15) is 17.8 Å². The number of carbonyl (C=O) groups is 1.